The van der Waals surface area contributed by atoms with Gasteiger partial charge in [0, 0.05) is 18.1 Å². The summed E-state index contributed by atoms with van der Waals surface area (Å²) in [7, 11) is -2.25. The Balaban J connectivity index is 2.41. The molecule has 0 heterocycles. The molecule has 2 amide bonds. The van der Waals surface area contributed by atoms with E-state index in [0.717, 1.165) is 21.7 Å². The number of aryl methyl sites for hydroxylation is 1. The van der Waals surface area contributed by atoms with Crippen molar-refractivity contribution in [2.75, 3.05) is 24.2 Å². The Kier molecular flexibility index (Phi) is 8.03. The lowest BCUT2D eigenvalue weighted by molar-refractivity contribution is -0.139. The number of hydrogen-bond donors (Lipinski definition) is 1. The predicted molar refractivity (Wildman–Crippen MR) is 122 cm³/mol. The molecule has 2 rings (SSSR count). The molecular formula is C21H26BrN3O4S. The van der Waals surface area contributed by atoms with E-state index < -0.39 is 28.5 Å². The van der Waals surface area contributed by atoms with E-state index in [1.54, 1.807) is 31.2 Å². The number of likely N-dealkylation sites (N-methyl/N-ethyl adjacent to an activating group) is 1. The first-order valence-electron chi connectivity index (χ1n) is 9.34. The van der Waals surface area contributed by atoms with Gasteiger partial charge in [-0.05, 0) is 53.0 Å². The van der Waals surface area contributed by atoms with E-state index in [-0.39, 0.29) is 12.5 Å². The van der Waals surface area contributed by atoms with Crippen LogP contribution in [0.5, 0.6) is 0 Å². The third kappa shape index (κ3) is 5.82. The zero-order chi connectivity index (χ0) is 22.5. The Labute approximate surface area is 186 Å². The largest absolute Gasteiger partial charge is 0.357 e. The summed E-state index contributed by atoms with van der Waals surface area (Å²) in [5.41, 5.74) is 2.22. The van der Waals surface area contributed by atoms with Crippen LogP contribution in [-0.2, 0) is 26.2 Å². The maximum Gasteiger partial charge on any atom is 0.244 e. The second-order valence-electron chi connectivity index (χ2n) is 6.96. The molecule has 0 saturated heterocycles. The van der Waals surface area contributed by atoms with Gasteiger partial charge in [-0.15, -0.1) is 0 Å². The number of carbonyl (C=O) groups excluding carboxylic acids is 2. The van der Waals surface area contributed by atoms with Gasteiger partial charge in [-0.25, -0.2) is 8.42 Å². The Morgan fingerprint density at radius 2 is 1.70 bits per heavy atom. The molecule has 0 aliphatic carbocycles. The fourth-order valence-electron chi connectivity index (χ4n) is 3.01. The van der Waals surface area contributed by atoms with Crippen LogP contribution in [0, 0.1) is 6.92 Å². The van der Waals surface area contributed by atoms with E-state index >= 15 is 0 Å². The van der Waals surface area contributed by atoms with Crippen molar-refractivity contribution in [2.45, 2.75) is 26.4 Å². The lowest BCUT2D eigenvalue weighted by Gasteiger charge is -2.31. The molecule has 0 aliphatic heterocycles. The highest BCUT2D eigenvalue weighted by Crippen LogP contribution is 2.28. The molecule has 162 valence electrons. The monoisotopic (exact) mass is 495 g/mol. The van der Waals surface area contributed by atoms with Gasteiger partial charge in [0.25, 0.3) is 0 Å². The van der Waals surface area contributed by atoms with Gasteiger partial charge in [-0.1, -0.05) is 36.4 Å². The van der Waals surface area contributed by atoms with E-state index in [9.17, 15) is 18.0 Å². The van der Waals surface area contributed by atoms with Crippen LogP contribution in [0.25, 0.3) is 0 Å². The van der Waals surface area contributed by atoms with Crippen LogP contribution in [0.2, 0.25) is 0 Å². The van der Waals surface area contributed by atoms with Crippen LogP contribution in [0.4, 0.5) is 5.69 Å². The molecule has 0 bridgehead atoms. The molecule has 0 saturated carbocycles. The SMILES string of the molecule is CNC(=O)[C@@H](C)N(Cc1ccccc1C)C(=O)CN(c1ccccc1Br)S(C)(=O)=O. The summed E-state index contributed by atoms with van der Waals surface area (Å²) in [6.07, 6.45) is 1.05. The zero-order valence-electron chi connectivity index (χ0n) is 17.4. The summed E-state index contributed by atoms with van der Waals surface area (Å²) in [4.78, 5) is 27.0. The van der Waals surface area contributed by atoms with Crippen LogP contribution >= 0.6 is 15.9 Å². The van der Waals surface area contributed by atoms with E-state index in [2.05, 4.69) is 21.2 Å². The molecule has 30 heavy (non-hydrogen) atoms. The number of nitrogens with one attached hydrogen (secondary N) is 1. The molecule has 0 unspecified atom stereocenters. The predicted octanol–water partition coefficient (Wildman–Crippen LogP) is 2.69. The quantitative estimate of drug-likeness (QED) is 0.609. The minimum atomic E-state index is -3.75. The van der Waals surface area contributed by atoms with Crippen LogP contribution in [0.3, 0.4) is 0 Å². The number of anilines is 1. The summed E-state index contributed by atoms with van der Waals surface area (Å²) in [6, 6.07) is 13.6. The van der Waals surface area contributed by atoms with E-state index in [0.29, 0.717) is 10.2 Å². The minimum Gasteiger partial charge on any atom is -0.357 e. The molecule has 0 radical (unpaired) electrons. The molecule has 1 N–H and O–H groups in total. The fraction of sp³-hybridized carbons (Fsp3) is 0.333. The number of nitrogens with zero attached hydrogens (tertiary/aromatic N) is 2. The first kappa shape index (κ1) is 23.9. The van der Waals surface area contributed by atoms with Crippen LogP contribution < -0.4 is 9.62 Å². The summed E-state index contributed by atoms with van der Waals surface area (Å²) in [5, 5.41) is 2.55. The lowest BCUT2D eigenvalue weighted by Crippen LogP contribution is -2.50. The van der Waals surface area contributed by atoms with Gasteiger partial charge in [0.1, 0.15) is 12.6 Å². The number of carbonyl (C=O) groups is 2. The van der Waals surface area contributed by atoms with Crippen molar-refractivity contribution >= 4 is 43.5 Å². The number of halogens is 1. The topological polar surface area (TPSA) is 86.8 Å². The van der Waals surface area contributed by atoms with Crippen molar-refractivity contribution in [3.05, 3.63) is 64.1 Å². The molecule has 0 aliphatic rings. The highest BCUT2D eigenvalue weighted by atomic mass is 79.9. The fourth-order valence-corrected chi connectivity index (χ4v) is 4.49. The second kappa shape index (κ2) is 10.1. The van der Waals surface area contributed by atoms with Crippen LogP contribution in [0.1, 0.15) is 18.1 Å². The van der Waals surface area contributed by atoms with Gasteiger partial charge in [-0.2, -0.15) is 0 Å². The number of benzene rings is 2. The normalized spacial score (nSPS) is 12.2. The summed E-state index contributed by atoms with van der Waals surface area (Å²) in [6.45, 7) is 3.31. The maximum absolute atomic E-state index is 13.3. The van der Waals surface area contributed by atoms with Gasteiger partial charge in [-0.3, -0.25) is 13.9 Å². The summed E-state index contributed by atoms with van der Waals surface area (Å²) >= 11 is 3.35. The number of hydrogen-bond acceptors (Lipinski definition) is 4. The second-order valence-corrected chi connectivity index (χ2v) is 9.72. The first-order chi connectivity index (χ1) is 14.1. The van der Waals surface area contributed by atoms with Crippen molar-refractivity contribution in [3.8, 4) is 0 Å². The third-order valence-corrected chi connectivity index (χ3v) is 6.61. The Morgan fingerprint density at radius 1 is 1.10 bits per heavy atom. The molecule has 1 atom stereocenters. The van der Waals surface area contributed by atoms with Crippen LogP contribution in [-0.4, -0.2) is 51.0 Å². The smallest absolute Gasteiger partial charge is 0.244 e. The van der Waals surface area contributed by atoms with Gasteiger partial charge in [0.15, 0.2) is 0 Å². The van der Waals surface area contributed by atoms with Gasteiger partial charge in [0.2, 0.25) is 21.8 Å². The zero-order valence-corrected chi connectivity index (χ0v) is 19.8. The van der Waals surface area contributed by atoms with Crippen molar-refractivity contribution in [1.82, 2.24) is 10.2 Å². The van der Waals surface area contributed by atoms with Gasteiger partial charge in [0.05, 0.1) is 11.9 Å². The molecular weight excluding hydrogens is 470 g/mol. The van der Waals surface area contributed by atoms with Gasteiger partial charge < -0.3 is 10.2 Å². The molecule has 0 spiro atoms. The van der Waals surface area contributed by atoms with Crippen molar-refractivity contribution in [1.29, 1.82) is 0 Å². The number of sulfonamides is 1. The molecule has 2 aromatic carbocycles. The van der Waals surface area contributed by atoms with Gasteiger partial charge >= 0.3 is 0 Å². The minimum absolute atomic E-state index is 0.188. The lowest BCUT2D eigenvalue weighted by atomic mass is 10.1. The summed E-state index contributed by atoms with van der Waals surface area (Å²) < 4.78 is 26.5. The standard InChI is InChI=1S/C21H26BrN3O4S/c1-15-9-5-6-10-17(15)13-24(16(2)21(27)23-3)20(26)14-25(30(4,28)29)19-12-8-7-11-18(19)22/h5-12,16H,13-14H2,1-4H3,(H,23,27)/t16-/m1/s1. The average Bonchev–Trinajstić information content (AvgIpc) is 2.70. The average molecular weight is 496 g/mol. The Morgan fingerprint density at radius 3 is 2.27 bits per heavy atom. The molecule has 0 fully saturated rings. The maximum atomic E-state index is 13.3. The van der Waals surface area contributed by atoms with E-state index in [4.69, 9.17) is 0 Å². The molecule has 2 aromatic rings. The third-order valence-electron chi connectivity index (χ3n) is 4.82. The Hall–Kier alpha value is -2.39. The highest BCUT2D eigenvalue weighted by Gasteiger charge is 2.30. The number of para-hydroxylation sites is 1. The van der Waals surface area contributed by atoms with Crippen molar-refractivity contribution in [3.63, 3.8) is 0 Å². The molecule has 9 heteroatoms. The van der Waals surface area contributed by atoms with Crippen molar-refractivity contribution < 1.29 is 18.0 Å². The molecule has 7 nitrogen and oxygen atoms in total. The van der Waals surface area contributed by atoms with E-state index in [1.807, 2.05) is 31.2 Å². The first-order valence-corrected chi connectivity index (χ1v) is 12.0. The molecule has 0 aromatic heterocycles. The number of rotatable bonds is 8. The summed E-state index contributed by atoms with van der Waals surface area (Å²) in [5.74, 6) is -0.806. The van der Waals surface area contributed by atoms with E-state index in [1.165, 1.54) is 11.9 Å². The van der Waals surface area contributed by atoms with Crippen molar-refractivity contribution in [2.24, 2.45) is 0 Å². The Bertz CT molecular complexity index is 1030. The van der Waals surface area contributed by atoms with Crippen LogP contribution in [0.15, 0.2) is 53.0 Å². The highest BCUT2D eigenvalue weighted by molar-refractivity contribution is 9.10. The number of amides is 2.